The van der Waals surface area contributed by atoms with Crippen molar-refractivity contribution in [1.29, 1.82) is 0 Å². The van der Waals surface area contributed by atoms with Gasteiger partial charge >= 0.3 is 16.1 Å². The van der Waals surface area contributed by atoms with Crippen molar-refractivity contribution in [2.75, 3.05) is 11.4 Å². The number of benzene rings is 2. The highest BCUT2D eigenvalue weighted by Gasteiger charge is 2.30. The van der Waals surface area contributed by atoms with E-state index in [4.69, 9.17) is 23.2 Å². The molecule has 2 N–H and O–H groups in total. The Morgan fingerprint density at radius 2 is 1.87 bits per heavy atom. The first kappa shape index (κ1) is 21.4. The summed E-state index contributed by atoms with van der Waals surface area (Å²) in [7, 11) is -4.33. The standard InChI is InChI=1S/C18H12Cl2N2O5S3/c19-10-1-3-14-12(5-10)21(8-18(23)24)16(28-14)7-17-22(9-30(25,26)27)13-6-11(20)2-4-15(13)29-17/h1-7H,8-9H2,(H-,23,24,25,26,27)/p+1. The van der Waals surface area contributed by atoms with Crippen molar-refractivity contribution >= 4 is 84.4 Å². The van der Waals surface area contributed by atoms with Gasteiger partial charge in [-0.2, -0.15) is 13.0 Å². The molecule has 1 aliphatic rings. The number of aliphatic carboxylic acids is 1. The van der Waals surface area contributed by atoms with E-state index in [1.807, 2.05) is 0 Å². The van der Waals surface area contributed by atoms with Crippen LogP contribution in [0.3, 0.4) is 0 Å². The van der Waals surface area contributed by atoms with E-state index in [0.717, 1.165) is 9.60 Å². The Morgan fingerprint density at radius 3 is 2.57 bits per heavy atom. The normalized spacial score (nSPS) is 15.2. The highest BCUT2D eigenvalue weighted by Crippen LogP contribution is 2.47. The Kier molecular flexibility index (Phi) is 5.73. The molecule has 2 heterocycles. The van der Waals surface area contributed by atoms with Gasteiger partial charge in [-0.15, -0.1) is 0 Å². The van der Waals surface area contributed by atoms with Gasteiger partial charge in [0, 0.05) is 21.0 Å². The predicted octanol–water partition coefficient (Wildman–Crippen LogP) is 4.34. The van der Waals surface area contributed by atoms with Gasteiger partial charge in [-0.25, -0.2) is 0 Å². The predicted molar refractivity (Wildman–Crippen MR) is 119 cm³/mol. The number of hydrogen-bond donors (Lipinski definition) is 2. The van der Waals surface area contributed by atoms with Crippen LogP contribution >= 0.6 is 46.3 Å². The third kappa shape index (κ3) is 4.43. The summed E-state index contributed by atoms with van der Waals surface area (Å²) in [6.07, 6.45) is 1.70. The molecule has 0 spiro atoms. The quantitative estimate of drug-likeness (QED) is 0.394. The van der Waals surface area contributed by atoms with Gasteiger partial charge in [0.05, 0.1) is 16.8 Å². The fourth-order valence-electron chi connectivity index (χ4n) is 3.06. The number of fused-ring (bicyclic) bond motifs is 2. The Balaban J connectivity index is 1.87. The number of hydrogen-bond acceptors (Lipinski definition) is 6. The maximum Gasteiger partial charge on any atom is 0.326 e. The average molecular weight is 504 g/mol. The van der Waals surface area contributed by atoms with Crippen molar-refractivity contribution in [3.63, 3.8) is 0 Å². The van der Waals surface area contributed by atoms with Gasteiger partial charge in [0.25, 0.3) is 10.9 Å². The third-order valence-corrected chi connectivity index (χ3v) is 7.50. The van der Waals surface area contributed by atoms with Crippen LogP contribution in [0.5, 0.6) is 0 Å². The number of aromatic nitrogens is 1. The molecule has 0 saturated heterocycles. The molecule has 1 aromatic heterocycles. The number of carboxylic acid groups (broad SMARTS) is 1. The third-order valence-electron chi connectivity index (χ3n) is 4.22. The van der Waals surface area contributed by atoms with Crippen molar-refractivity contribution in [2.24, 2.45) is 0 Å². The van der Waals surface area contributed by atoms with Crippen molar-refractivity contribution in [2.45, 2.75) is 10.8 Å². The zero-order valence-electron chi connectivity index (χ0n) is 14.9. The second kappa shape index (κ2) is 8.03. The minimum atomic E-state index is -4.33. The average Bonchev–Trinajstić information content (AvgIpc) is 3.12. The SMILES string of the molecule is O=C(O)CN1/C(=C/c2sc3ccc(Cl)cc3[n+]2CS(=O)(=O)O)Sc2ccc(Cl)cc21. The molecule has 3 aromatic rings. The van der Waals surface area contributed by atoms with Crippen molar-refractivity contribution < 1.29 is 27.4 Å². The van der Waals surface area contributed by atoms with Crippen molar-refractivity contribution in [3.05, 3.63) is 56.5 Å². The van der Waals surface area contributed by atoms with Crippen LogP contribution in [0, 0.1) is 0 Å². The molecular weight excluding hydrogens is 491 g/mol. The lowest BCUT2D eigenvalue weighted by molar-refractivity contribution is -0.649. The zero-order chi connectivity index (χ0) is 21.6. The first-order chi connectivity index (χ1) is 14.1. The highest BCUT2D eigenvalue weighted by molar-refractivity contribution is 8.04. The maximum absolute atomic E-state index is 11.6. The fourth-order valence-corrected chi connectivity index (χ4v) is 6.31. The number of anilines is 1. The summed E-state index contributed by atoms with van der Waals surface area (Å²) in [5.41, 5.74) is 1.21. The molecular formula is C18H13Cl2N2O5S3+. The van der Waals surface area contributed by atoms with Crippen LogP contribution in [-0.2, 0) is 20.8 Å². The van der Waals surface area contributed by atoms with E-state index in [2.05, 4.69) is 0 Å². The van der Waals surface area contributed by atoms with Crippen LogP contribution in [0.15, 0.2) is 46.3 Å². The summed E-state index contributed by atoms with van der Waals surface area (Å²) in [4.78, 5) is 13.9. The van der Waals surface area contributed by atoms with E-state index in [0.29, 0.717) is 31.3 Å². The van der Waals surface area contributed by atoms with Gasteiger partial charge in [-0.3, -0.25) is 9.35 Å². The first-order valence-electron chi connectivity index (χ1n) is 8.36. The lowest BCUT2D eigenvalue weighted by Crippen LogP contribution is -2.39. The van der Waals surface area contributed by atoms with E-state index in [1.54, 1.807) is 47.4 Å². The molecule has 156 valence electrons. The van der Waals surface area contributed by atoms with Crippen LogP contribution < -0.4 is 9.47 Å². The monoisotopic (exact) mass is 503 g/mol. The number of thiazole rings is 1. The number of rotatable bonds is 5. The summed E-state index contributed by atoms with van der Waals surface area (Å²) < 4.78 is 34.9. The smallest absolute Gasteiger partial charge is 0.326 e. The number of carboxylic acids is 1. The lowest BCUT2D eigenvalue weighted by atomic mass is 10.3. The van der Waals surface area contributed by atoms with E-state index in [-0.39, 0.29) is 6.54 Å². The Labute approximate surface area is 189 Å². The van der Waals surface area contributed by atoms with Crippen molar-refractivity contribution in [3.8, 4) is 0 Å². The molecule has 4 rings (SSSR count). The minimum absolute atomic E-state index is 0.290. The van der Waals surface area contributed by atoms with Crippen LogP contribution in [0.25, 0.3) is 16.3 Å². The molecule has 0 saturated carbocycles. The second-order valence-corrected chi connectivity index (χ2v) is 10.8. The Bertz CT molecular complexity index is 1320. The highest BCUT2D eigenvalue weighted by atomic mass is 35.5. The van der Waals surface area contributed by atoms with E-state index in [1.165, 1.54) is 27.7 Å². The van der Waals surface area contributed by atoms with Gasteiger partial charge in [0.15, 0.2) is 0 Å². The van der Waals surface area contributed by atoms with Gasteiger partial charge in [0.1, 0.15) is 11.2 Å². The molecule has 12 heteroatoms. The Morgan fingerprint density at radius 1 is 1.17 bits per heavy atom. The van der Waals surface area contributed by atoms with Crippen LogP contribution in [-0.4, -0.2) is 30.6 Å². The number of carbonyl (C=O) groups is 1. The molecule has 0 fully saturated rings. The number of halogens is 2. The van der Waals surface area contributed by atoms with Crippen LogP contribution in [0.2, 0.25) is 10.0 Å². The van der Waals surface area contributed by atoms with E-state index >= 15 is 0 Å². The topological polar surface area (TPSA) is 98.8 Å². The Hall–Kier alpha value is -1.82. The molecule has 2 aromatic carbocycles. The summed E-state index contributed by atoms with van der Waals surface area (Å²) in [6, 6.07) is 10.3. The molecule has 0 unspecified atom stereocenters. The van der Waals surface area contributed by atoms with Gasteiger partial charge in [-0.1, -0.05) is 46.3 Å². The summed E-state index contributed by atoms with van der Waals surface area (Å²) in [5.74, 6) is -1.68. The lowest BCUT2D eigenvalue weighted by Gasteiger charge is -2.17. The van der Waals surface area contributed by atoms with Gasteiger partial charge < -0.3 is 10.0 Å². The molecule has 30 heavy (non-hydrogen) atoms. The van der Waals surface area contributed by atoms with Gasteiger partial charge in [0.2, 0.25) is 5.52 Å². The summed E-state index contributed by atoms with van der Waals surface area (Å²) >= 11 is 14.8. The van der Waals surface area contributed by atoms with Crippen molar-refractivity contribution in [1.82, 2.24) is 0 Å². The molecule has 0 bridgehead atoms. The van der Waals surface area contributed by atoms with Crippen LogP contribution in [0.1, 0.15) is 5.01 Å². The molecule has 0 amide bonds. The van der Waals surface area contributed by atoms with Crippen LogP contribution in [0.4, 0.5) is 5.69 Å². The fraction of sp³-hybridized carbons (Fsp3) is 0.111. The second-order valence-electron chi connectivity index (χ2n) is 6.37. The molecule has 7 nitrogen and oxygen atoms in total. The van der Waals surface area contributed by atoms with E-state index < -0.39 is 22.0 Å². The molecule has 1 aliphatic heterocycles. The molecule has 0 radical (unpaired) electrons. The zero-order valence-corrected chi connectivity index (χ0v) is 18.9. The van der Waals surface area contributed by atoms with E-state index in [9.17, 15) is 22.9 Å². The number of nitrogens with zero attached hydrogens (tertiary/aromatic N) is 2. The van der Waals surface area contributed by atoms with Gasteiger partial charge in [-0.05, 0) is 30.3 Å². The maximum atomic E-state index is 11.6. The first-order valence-corrected chi connectivity index (χ1v) is 12.4. The molecule has 0 atom stereocenters. The molecule has 0 aliphatic carbocycles. The largest absolute Gasteiger partial charge is 0.480 e. The number of thioether (sulfide) groups is 1. The minimum Gasteiger partial charge on any atom is -0.480 e. The summed E-state index contributed by atoms with van der Waals surface area (Å²) in [6.45, 7) is -0.290. The summed E-state index contributed by atoms with van der Waals surface area (Å²) in [5, 5.41) is 11.4.